The molecule has 1 aliphatic rings. The van der Waals surface area contributed by atoms with Crippen molar-refractivity contribution in [2.75, 3.05) is 11.9 Å². The zero-order valence-corrected chi connectivity index (χ0v) is 10.9. The van der Waals surface area contributed by atoms with Crippen LogP contribution in [0.25, 0.3) is 0 Å². The second-order valence-corrected chi connectivity index (χ2v) is 5.55. The molecule has 1 saturated carbocycles. The number of hydrogen-bond donors (Lipinski definition) is 1. The molecule has 0 bridgehead atoms. The molecule has 0 aliphatic heterocycles. The number of hydrogen-bond acceptors (Lipinski definition) is 1. The van der Waals surface area contributed by atoms with E-state index < -0.39 is 0 Å². The van der Waals surface area contributed by atoms with Crippen LogP contribution in [0.4, 0.5) is 10.1 Å². The van der Waals surface area contributed by atoms with Crippen LogP contribution in [0.3, 0.4) is 0 Å². The van der Waals surface area contributed by atoms with Crippen molar-refractivity contribution in [2.45, 2.75) is 32.6 Å². The van der Waals surface area contributed by atoms with E-state index in [1.807, 2.05) is 6.07 Å². The highest BCUT2D eigenvalue weighted by atomic mass is 35.5. The van der Waals surface area contributed by atoms with Crippen molar-refractivity contribution in [3.63, 3.8) is 0 Å². The number of benzene rings is 1. The summed E-state index contributed by atoms with van der Waals surface area (Å²) < 4.78 is 13.2. The highest BCUT2D eigenvalue weighted by Crippen LogP contribution is 2.29. The topological polar surface area (TPSA) is 12.0 Å². The third-order valence-electron chi connectivity index (χ3n) is 3.56. The van der Waals surface area contributed by atoms with Gasteiger partial charge in [0.2, 0.25) is 0 Å². The van der Waals surface area contributed by atoms with E-state index in [9.17, 15) is 4.39 Å². The maximum atomic E-state index is 13.2. The zero-order chi connectivity index (χ0) is 12.3. The van der Waals surface area contributed by atoms with Crippen molar-refractivity contribution >= 4 is 17.3 Å². The van der Waals surface area contributed by atoms with E-state index in [0.717, 1.165) is 24.1 Å². The van der Waals surface area contributed by atoms with Crippen molar-refractivity contribution in [1.29, 1.82) is 0 Å². The van der Waals surface area contributed by atoms with Gasteiger partial charge in [-0.15, -0.1) is 0 Å². The van der Waals surface area contributed by atoms with Crippen LogP contribution in [-0.4, -0.2) is 6.54 Å². The SMILES string of the molecule is CC1CCCC(CNc2ccc(Cl)c(F)c2)C1. The van der Waals surface area contributed by atoms with Crippen molar-refractivity contribution in [2.24, 2.45) is 11.8 Å². The summed E-state index contributed by atoms with van der Waals surface area (Å²) in [7, 11) is 0. The van der Waals surface area contributed by atoms with Gasteiger partial charge in [-0.2, -0.15) is 0 Å². The molecule has 2 atom stereocenters. The molecule has 94 valence electrons. The molecule has 3 heteroatoms. The van der Waals surface area contributed by atoms with E-state index in [-0.39, 0.29) is 10.8 Å². The fourth-order valence-corrected chi connectivity index (χ4v) is 2.73. The Balaban J connectivity index is 1.86. The maximum Gasteiger partial charge on any atom is 0.143 e. The number of nitrogens with one attached hydrogen (secondary N) is 1. The van der Waals surface area contributed by atoms with Gasteiger partial charge in [-0.3, -0.25) is 0 Å². The molecule has 1 aromatic rings. The standard InChI is InChI=1S/C14H19ClFN/c1-10-3-2-4-11(7-10)9-17-12-5-6-13(15)14(16)8-12/h5-6,8,10-11,17H,2-4,7,9H2,1H3. The van der Waals surface area contributed by atoms with Crippen LogP contribution in [0.2, 0.25) is 5.02 Å². The van der Waals surface area contributed by atoms with Gasteiger partial charge >= 0.3 is 0 Å². The van der Waals surface area contributed by atoms with E-state index in [1.165, 1.54) is 31.7 Å². The van der Waals surface area contributed by atoms with Gasteiger partial charge in [-0.05, 0) is 42.9 Å². The number of anilines is 1. The quantitative estimate of drug-likeness (QED) is 0.824. The Morgan fingerprint density at radius 3 is 2.94 bits per heavy atom. The first-order chi connectivity index (χ1) is 8.15. The van der Waals surface area contributed by atoms with E-state index in [1.54, 1.807) is 6.07 Å². The van der Waals surface area contributed by atoms with Crippen LogP contribution in [0.15, 0.2) is 18.2 Å². The van der Waals surface area contributed by atoms with Gasteiger partial charge in [-0.1, -0.05) is 31.4 Å². The molecular weight excluding hydrogens is 237 g/mol. The maximum absolute atomic E-state index is 13.2. The van der Waals surface area contributed by atoms with Gasteiger partial charge in [0, 0.05) is 12.2 Å². The summed E-state index contributed by atoms with van der Waals surface area (Å²) >= 11 is 5.65. The predicted molar refractivity (Wildman–Crippen MR) is 71.0 cm³/mol. The summed E-state index contributed by atoms with van der Waals surface area (Å²) in [6.45, 7) is 3.25. The average Bonchev–Trinajstić information content (AvgIpc) is 2.31. The average molecular weight is 256 g/mol. The van der Waals surface area contributed by atoms with Crippen LogP contribution in [-0.2, 0) is 0 Å². The smallest absolute Gasteiger partial charge is 0.143 e. The molecule has 0 radical (unpaired) electrons. The number of halogens is 2. The summed E-state index contributed by atoms with van der Waals surface area (Å²) in [4.78, 5) is 0. The summed E-state index contributed by atoms with van der Waals surface area (Å²) in [5.41, 5.74) is 0.824. The Morgan fingerprint density at radius 1 is 1.41 bits per heavy atom. The van der Waals surface area contributed by atoms with E-state index in [0.29, 0.717) is 0 Å². The van der Waals surface area contributed by atoms with E-state index in [4.69, 9.17) is 11.6 Å². The van der Waals surface area contributed by atoms with Gasteiger partial charge in [0.15, 0.2) is 0 Å². The van der Waals surface area contributed by atoms with Gasteiger partial charge in [0.05, 0.1) is 5.02 Å². The second kappa shape index (κ2) is 5.72. The van der Waals surface area contributed by atoms with Crippen LogP contribution < -0.4 is 5.32 Å². The second-order valence-electron chi connectivity index (χ2n) is 5.15. The Hall–Kier alpha value is -0.760. The number of rotatable bonds is 3. The lowest BCUT2D eigenvalue weighted by molar-refractivity contribution is 0.293. The van der Waals surface area contributed by atoms with Crippen LogP contribution in [0.5, 0.6) is 0 Å². The third kappa shape index (κ3) is 3.60. The Kier molecular flexibility index (Phi) is 4.27. The van der Waals surface area contributed by atoms with Gasteiger partial charge in [0.1, 0.15) is 5.82 Å². The first-order valence-electron chi connectivity index (χ1n) is 6.34. The molecule has 1 aliphatic carbocycles. The van der Waals surface area contributed by atoms with Crippen molar-refractivity contribution < 1.29 is 4.39 Å². The molecule has 0 heterocycles. The zero-order valence-electron chi connectivity index (χ0n) is 10.2. The van der Waals surface area contributed by atoms with E-state index in [2.05, 4.69) is 12.2 Å². The highest BCUT2D eigenvalue weighted by Gasteiger charge is 2.18. The molecule has 1 fully saturated rings. The fourth-order valence-electron chi connectivity index (χ4n) is 2.61. The lowest BCUT2D eigenvalue weighted by atomic mass is 9.82. The third-order valence-corrected chi connectivity index (χ3v) is 3.87. The minimum atomic E-state index is -0.353. The van der Waals surface area contributed by atoms with Crippen LogP contribution >= 0.6 is 11.6 Å². The first kappa shape index (κ1) is 12.7. The van der Waals surface area contributed by atoms with Gasteiger partial charge in [0.25, 0.3) is 0 Å². The van der Waals surface area contributed by atoms with Crippen LogP contribution in [0.1, 0.15) is 32.6 Å². The minimum absolute atomic E-state index is 0.182. The normalized spacial score (nSPS) is 24.6. The molecule has 17 heavy (non-hydrogen) atoms. The monoisotopic (exact) mass is 255 g/mol. The first-order valence-corrected chi connectivity index (χ1v) is 6.72. The van der Waals surface area contributed by atoms with Gasteiger partial charge < -0.3 is 5.32 Å². The molecule has 0 amide bonds. The fraction of sp³-hybridized carbons (Fsp3) is 0.571. The molecule has 1 nitrogen and oxygen atoms in total. The predicted octanol–water partition coefficient (Wildman–Crippen LogP) is 4.72. The Labute approximate surface area is 107 Å². The molecule has 0 spiro atoms. The molecule has 2 unspecified atom stereocenters. The molecule has 0 aromatic heterocycles. The summed E-state index contributed by atoms with van der Waals surface area (Å²) in [5.74, 6) is 1.20. The van der Waals surface area contributed by atoms with Crippen molar-refractivity contribution in [3.05, 3.63) is 29.0 Å². The lowest BCUT2D eigenvalue weighted by Gasteiger charge is -2.27. The van der Waals surface area contributed by atoms with Crippen molar-refractivity contribution in [1.82, 2.24) is 0 Å². The Morgan fingerprint density at radius 2 is 2.24 bits per heavy atom. The summed E-state index contributed by atoms with van der Waals surface area (Å²) in [6, 6.07) is 4.90. The lowest BCUT2D eigenvalue weighted by Crippen LogP contribution is -2.21. The summed E-state index contributed by atoms with van der Waals surface area (Å²) in [6.07, 6.45) is 5.24. The van der Waals surface area contributed by atoms with Crippen LogP contribution in [0, 0.1) is 17.7 Å². The molecule has 2 rings (SSSR count). The molecule has 1 aromatic carbocycles. The molecular formula is C14H19ClFN. The highest BCUT2D eigenvalue weighted by molar-refractivity contribution is 6.30. The van der Waals surface area contributed by atoms with Crippen molar-refractivity contribution in [3.8, 4) is 0 Å². The molecule has 1 N–H and O–H groups in total. The summed E-state index contributed by atoms with van der Waals surface area (Å²) in [5, 5.41) is 3.49. The van der Waals surface area contributed by atoms with E-state index >= 15 is 0 Å². The largest absolute Gasteiger partial charge is 0.385 e. The minimum Gasteiger partial charge on any atom is -0.385 e. The Bertz CT molecular complexity index is 380. The molecule has 0 saturated heterocycles. The van der Waals surface area contributed by atoms with Gasteiger partial charge in [-0.25, -0.2) is 4.39 Å².